The number of benzene rings is 2. The van der Waals surface area contributed by atoms with E-state index < -0.39 is 0 Å². The first-order chi connectivity index (χ1) is 9.09. The van der Waals surface area contributed by atoms with Gasteiger partial charge in [-0.15, -0.1) is 0 Å². The number of anilines is 1. The SMILES string of the molecule is CC(C)c1ccccc1NC(C)c1ccccc1O. The molecule has 0 amide bonds. The largest absolute Gasteiger partial charge is 0.508 e. The van der Waals surface area contributed by atoms with Gasteiger partial charge in [0.1, 0.15) is 5.75 Å². The van der Waals surface area contributed by atoms with Crippen LogP contribution in [0.2, 0.25) is 0 Å². The number of phenolic OH excluding ortho intramolecular Hbond substituents is 1. The second-order valence-corrected chi connectivity index (χ2v) is 5.17. The first-order valence-corrected chi connectivity index (χ1v) is 6.73. The zero-order chi connectivity index (χ0) is 13.8. The smallest absolute Gasteiger partial charge is 0.120 e. The summed E-state index contributed by atoms with van der Waals surface area (Å²) in [5.74, 6) is 0.810. The molecule has 2 aromatic rings. The second kappa shape index (κ2) is 5.79. The third-order valence-electron chi connectivity index (χ3n) is 3.36. The van der Waals surface area contributed by atoms with Crippen LogP contribution in [-0.4, -0.2) is 5.11 Å². The average Bonchev–Trinajstić information content (AvgIpc) is 2.39. The van der Waals surface area contributed by atoms with Crippen LogP contribution >= 0.6 is 0 Å². The number of nitrogens with one attached hydrogen (secondary N) is 1. The molecule has 2 nitrogen and oxygen atoms in total. The quantitative estimate of drug-likeness (QED) is 0.830. The van der Waals surface area contributed by atoms with Crippen LogP contribution < -0.4 is 5.32 Å². The predicted octanol–water partition coefficient (Wildman–Crippen LogP) is 4.69. The number of hydrogen-bond acceptors (Lipinski definition) is 2. The van der Waals surface area contributed by atoms with Gasteiger partial charge in [0, 0.05) is 11.3 Å². The molecule has 1 unspecified atom stereocenters. The molecular weight excluding hydrogens is 234 g/mol. The first kappa shape index (κ1) is 13.5. The van der Waals surface area contributed by atoms with Crippen LogP contribution in [-0.2, 0) is 0 Å². The molecule has 0 heterocycles. The molecule has 0 saturated heterocycles. The highest BCUT2D eigenvalue weighted by molar-refractivity contribution is 5.54. The van der Waals surface area contributed by atoms with Gasteiger partial charge in [0.05, 0.1) is 6.04 Å². The summed E-state index contributed by atoms with van der Waals surface area (Å²) >= 11 is 0. The summed E-state index contributed by atoms with van der Waals surface area (Å²) in [4.78, 5) is 0. The summed E-state index contributed by atoms with van der Waals surface area (Å²) in [7, 11) is 0. The minimum Gasteiger partial charge on any atom is -0.508 e. The lowest BCUT2D eigenvalue weighted by molar-refractivity contribution is 0.465. The molecule has 1 atom stereocenters. The molecular formula is C17H21NO. The van der Waals surface area contributed by atoms with Crippen molar-refractivity contribution in [2.24, 2.45) is 0 Å². The molecule has 0 saturated carbocycles. The molecule has 0 aliphatic heterocycles. The van der Waals surface area contributed by atoms with E-state index in [-0.39, 0.29) is 6.04 Å². The summed E-state index contributed by atoms with van der Waals surface area (Å²) in [6.07, 6.45) is 0. The standard InChI is InChI=1S/C17H21NO/c1-12(2)14-8-4-6-10-16(14)18-13(3)15-9-5-7-11-17(15)19/h4-13,18-19H,1-3H3. The highest BCUT2D eigenvalue weighted by Gasteiger charge is 2.12. The zero-order valence-corrected chi connectivity index (χ0v) is 11.7. The first-order valence-electron chi connectivity index (χ1n) is 6.73. The highest BCUT2D eigenvalue weighted by Crippen LogP contribution is 2.30. The maximum absolute atomic E-state index is 9.90. The zero-order valence-electron chi connectivity index (χ0n) is 11.7. The summed E-state index contributed by atoms with van der Waals surface area (Å²) in [6, 6.07) is 15.9. The molecule has 0 spiro atoms. The third-order valence-corrected chi connectivity index (χ3v) is 3.36. The molecule has 19 heavy (non-hydrogen) atoms. The minimum atomic E-state index is 0.0705. The van der Waals surface area contributed by atoms with Crippen molar-refractivity contribution in [3.05, 3.63) is 59.7 Å². The van der Waals surface area contributed by atoms with Crippen molar-refractivity contribution in [1.82, 2.24) is 0 Å². The van der Waals surface area contributed by atoms with Gasteiger partial charge in [0.25, 0.3) is 0 Å². The normalized spacial score (nSPS) is 12.4. The number of para-hydroxylation sites is 2. The van der Waals surface area contributed by atoms with Crippen molar-refractivity contribution in [2.45, 2.75) is 32.7 Å². The summed E-state index contributed by atoms with van der Waals surface area (Å²) in [5, 5.41) is 13.4. The van der Waals surface area contributed by atoms with Gasteiger partial charge in [-0.3, -0.25) is 0 Å². The molecule has 0 fully saturated rings. The van der Waals surface area contributed by atoms with Crippen molar-refractivity contribution in [3.8, 4) is 5.75 Å². The number of aromatic hydroxyl groups is 1. The fourth-order valence-electron chi connectivity index (χ4n) is 2.30. The van der Waals surface area contributed by atoms with E-state index in [1.54, 1.807) is 6.07 Å². The molecule has 0 aliphatic rings. The van der Waals surface area contributed by atoms with Crippen LogP contribution in [0.5, 0.6) is 5.75 Å². The van der Waals surface area contributed by atoms with Crippen LogP contribution in [0.3, 0.4) is 0 Å². The Bertz CT molecular complexity index is 548. The molecule has 2 rings (SSSR count). The van der Waals surface area contributed by atoms with Crippen LogP contribution in [0.25, 0.3) is 0 Å². The molecule has 2 aromatic carbocycles. The lowest BCUT2D eigenvalue weighted by Gasteiger charge is -2.20. The highest BCUT2D eigenvalue weighted by atomic mass is 16.3. The summed E-state index contributed by atoms with van der Waals surface area (Å²) in [5.41, 5.74) is 3.35. The molecule has 0 aliphatic carbocycles. The van der Waals surface area contributed by atoms with Crippen LogP contribution in [0.15, 0.2) is 48.5 Å². The Morgan fingerprint density at radius 2 is 1.42 bits per heavy atom. The Hall–Kier alpha value is -1.96. The maximum Gasteiger partial charge on any atom is 0.120 e. The van der Waals surface area contributed by atoms with E-state index in [9.17, 15) is 5.11 Å². The molecule has 0 radical (unpaired) electrons. The van der Waals surface area contributed by atoms with Crippen LogP contribution in [0.1, 0.15) is 43.9 Å². The van der Waals surface area contributed by atoms with E-state index in [1.807, 2.05) is 24.3 Å². The number of phenols is 1. The van der Waals surface area contributed by atoms with Gasteiger partial charge < -0.3 is 10.4 Å². The van der Waals surface area contributed by atoms with E-state index >= 15 is 0 Å². The Balaban J connectivity index is 2.24. The van der Waals surface area contributed by atoms with Crippen molar-refractivity contribution < 1.29 is 5.11 Å². The van der Waals surface area contributed by atoms with Crippen molar-refractivity contribution >= 4 is 5.69 Å². The lowest BCUT2D eigenvalue weighted by Crippen LogP contribution is -2.09. The van der Waals surface area contributed by atoms with Gasteiger partial charge in [-0.1, -0.05) is 50.2 Å². The van der Waals surface area contributed by atoms with Crippen LogP contribution in [0.4, 0.5) is 5.69 Å². The van der Waals surface area contributed by atoms with E-state index in [0.717, 1.165) is 11.3 Å². The Labute approximate surface area is 115 Å². The molecule has 0 bridgehead atoms. The third kappa shape index (κ3) is 3.08. The fourth-order valence-corrected chi connectivity index (χ4v) is 2.30. The lowest BCUT2D eigenvalue weighted by atomic mass is 10.00. The summed E-state index contributed by atoms with van der Waals surface area (Å²) < 4.78 is 0. The number of rotatable bonds is 4. The Morgan fingerprint density at radius 3 is 2.05 bits per heavy atom. The molecule has 2 N–H and O–H groups in total. The fraction of sp³-hybridized carbons (Fsp3) is 0.294. The molecule has 0 aromatic heterocycles. The van der Waals surface area contributed by atoms with Crippen molar-refractivity contribution in [3.63, 3.8) is 0 Å². The summed E-state index contributed by atoms with van der Waals surface area (Å²) in [6.45, 7) is 6.43. The van der Waals surface area contributed by atoms with Crippen molar-refractivity contribution in [2.75, 3.05) is 5.32 Å². The number of hydrogen-bond donors (Lipinski definition) is 2. The second-order valence-electron chi connectivity index (χ2n) is 5.17. The van der Waals surface area contributed by atoms with E-state index in [2.05, 4.69) is 44.3 Å². The van der Waals surface area contributed by atoms with Crippen LogP contribution in [0, 0.1) is 0 Å². The topological polar surface area (TPSA) is 32.3 Å². The van der Waals surface area contributed by atoms with Gasteiger partial charge >= 0.3 is 0 Å². The van der Waals surface area contributed by atoms with E-state index in [4.69, 9.17) is 0 Å². The van der Waals surface area contributed by atoms with Crippen molar-refractivity contribution in [1.29, 1.82) is 0 Å². The Kier molecular flexibility index (Phi) is 4.10. The Morgan fingerprint density at radius 1 is 0.842 bits per heavy atom. The van der Waals surface area contributed by atoms with Gasteiger partial charge in [0.15, 0.2) is 0 Å². The van der Waals surface area contributed by atoms with E-state index in [0.29, 0.717) is 11.7 Å². The van der Waals surface area contributed by atoms with Gasteiger partial charge in [-0.25, -0.2) is 0 Å². The predicted molar refractivity (Wildman–Crippen MR) is 80.7 cm³/mol. The molecule has 2 heteroatoms. The van der Waals surface area contributed by atoms with Gasteiger partial charge in [-0.2, -0.15) is 0 Å². The van der Waals surface area contributed by atoms with Gasteiger partial charge in [-0.05, 0) is 30.5 Å². The van der Waals surface area contributed by atoms with E-state index in [1.165, 1.54) is 5.56 Å². The average molecular weight is 255 g/mol. The minimum absolute atomic E-state index is 0.0705. The molecule has 100 valence electrons. The monoisotopic (exact) mass is 255 g/mol. The maximum atomic E-state index is 9.90. The van der Waals surface area contributed by atoms with Gasteiger partial charge in [0.2, 0.25) is 0 Å².